The largest absolute Gasteiger partial charge is 0.454 e. The summed E-state index contributed by atoms with van der Waals surface area (Å²) in [6.45, 7) is 2.01. The molecular weight excluding hydrogens is 747 g/mol. The molecule has 0 N–H and O–H groups in total. The van der Waals surface area contributed by atoms with Crippen molar-refractivity contribution in [1.29, 1.82) is 0 Å². The molecule has 4 aromatic rings. The van der Waals surface area contributed by atoms with Gasteiger partial charge in [0.25, 0.3) is 0 Å². The molecule has 6 unspecified atom stereocenters. The number of ketones is 6. The van der Waals surface area contributed by atoms with Crippen LogP contribution in [0.4, 0.5) is 0 Å². The second-order valence-electron chi connectivity index (χ2n) is 16.8. The molecule has 7 aliphatic rings. The number of carbonyl (C=O) groups is 6. The number of hydrogen-bond acceptors (Lipinski definition) is 11. The molecule has 59 heavy (non-hydrogen) atoms. The lowest BCUT2D eigenvalue weighted by Gasteiger charge is -2.43. The van der Waals surface area contributed by atoms with Gasteiger partial charge in [-0.3, -0.25) is 43.7 Å². The number of rotatable bonds is 4. The summed E-state index contributed by atoms with van der Waals surface area (Å²) in [6.07, 6.45) is 6.82. The lowest BCUT2D eigenvalue weighted by molar-refractivity contribution is -0.125. The van der Waals surface area contributed by atoms with E-state index in [1.165, 1.54) is 12.4 Å². The predicted octanol–water partition coefficient (Wildman–Crippen LogP) is 7.01. The van der Waals surface area contributed by atoms with Gasteiger partial charge in [-0.1, -0.05) is 55.5 Å². The van der Waals surface area contributed by atoms with Crippen LogP contribution in [0.15, 0.2) is 118 Å². The van der Waals surface area contributed by atoms with Crippen LogP contribution >= 0.6 is 0 Å². The first-order valence-electron chi connectivity index (χ1n) is 20.0. The number of allylic oxidation sites excluding steroid dienone is 4. The number of benzene rings is 3. The Hall–Kier alpha value is -6.75. The molecule has 290 valence electrons. The minimum atomic E-state index is -0.927. The van der Waals surface area contributed by atoms with Crippen molar-refractivity contribution < 1.29 is 38.2 Å². The van der Waals surface area contributed by atoms with E-state index in [1.807, 2.05) is 49.4 Å². The van der Waals surface area contributed by atoms with Gasteiger partial charge in [0.15, 0.2) is 23.1 Å². The van der Waals surface area contributed by atoms with E-state index in [1.54, 1.807) is 36.4 Å². The van der Waals surface area contributed by atoms with Crippen molar-refractivity contribution in [2.45, 2.75) is 50.9 Å². The van der Waals surface area contributed by atoms with E-state index in [9.17, 15) is 28.8 Å². The Bertz CT molecular complexity index is 2800. The second kappa shape index (κ2) is 12.9. The number of Topliss-reactive ketones (excluding diaryl/α,β-unsaturated/α-hetero) is 6. The third-order valence-corrected chi connectivity index (χ3v) is 13.1. The van der Waals surface area contributed by atoms with Crippen LogP contribution in [-0.2, 0) is 16.0 Å². The highest BCUT2D eigenvalue weighted by molar-refractivity contribution is 6.54. The van der Waals surface area contributed by atoms with Crippen molar-refractivity contribution >= 4 is 46.1 Å². The Kier molecular flexibility index (Phi) is 7.73. The van der Waals surface area contributed by atoms with Crippen LogP contribution in [0.3, 0.4) is 0 Å². The Balaban J connectivity index is 0.979. The molecule has 3 aliphatic heterocycles. The van der Waals surface area contributed by atoms with Crippen molar-refractivity contribution in [1.82, 2.24) is 4.98 Å². The van der Waals surface area contributed by atoms with Crippen molar-refractivity contribution in [3.05, 3.63) is 147 Å². The van der Waals surface area contributed by atoms with Gasteiger partial charge in [0.2, 0.25) is 18.4 Å². The van der Waals surface area contributed by atoms with Crippen LogP contribution < -0.4 is 9.47 Å². The maximum Gasteiger partial charge on any atom is 0.231 e. The summed E-state index contributed by atoms with van der Waals surface area (Å²) in [5.74, 6) is -4.12. The normalized spacial score (nSPS) is 27.7. The summed E-state index contributed by atoms with van der Waals surface area (Å²) in [7, 11) is 0. The highest BCUT2D eigenvalue weighted by atomic mass is 16.7. The fourth-order valence-electron chi connectivity index (χ4n) is 10.7. The summed E-state index contributed by atoms with van der Waals surface area (Å²) in [4.78, 5) is 99.1. The van der Waals surface area contributed by atoms with Crippen molar-refractivity contribution in [3.63, 3.8) is 0 Å². The molecule has 1 saturated carbocycles. The molecule has 0 spiro atoms. The fourth-order valence-corrected chi connectivity index (χ4v) is 10.7. The maximum atomic E-state index is 14.8. The smallest absolute Gasteiger partial charge is 0.231 e. The Labute approximate surface area is 338 Å². The van der Waals surface area contributed by atoms with Crippen molar-refractivity contribution in [2.24, 2.45) is 33.2 Å². The van der Waals surface area contributed by atoms with E-state index in [0.717, 1.165) is 11.1 Å². The molecule has 6 atom stereocenters. The van der Waals surface area contributed by atoms with E-state index in [4.69, 9.17) is 19.5 Å². The monoisotopic (exact) mass is 781 g/mol. The number of ether oxygens (including phenoxy) is 2. The Morgan fingerprint density at radius 2 is 1.53 bits per heavy atom. The van der Waals surface area contributed by atoms with Crippen LogP contribution in [0.5, 0.6) is 11.5 Å². The lowest BCUT2D eigenvalue weighted by atomic mass is 9.60. The minimum Gasteiger partial charge on any atom is -0.454 e. The average Bonchev–Trinajstić information content (AvgIpc) is 3.72. The highest BCUT2D eigenvalue weighted by Gasteiger charge is 2.54. The Morgan fingerprint density at radius 1 is 0.695 bits per heavy atom. The van der Waals surface area contributed by atoms with E-state index in [0.29, 0.717) is 54.2 Å². The molecule has 0 saturated heterocycles. The van der Waals surface area contributed by atoms with Gasteiger partial charge in [-0.25, -0.2) is 0 Å². The van der Waals surface area contributed by atoms with Gasteiger partial charge in [-0.2, -0.15) is 0 Å². The summed E-state index contributed by atoms with van der Waals surface area (Å²) in [6, 6.07) is 21.5. The first kappa shape index (κ1) is 35.4. The average molecular weight is 782 g/mol. The summed E-state index contributed by atoms with van der Waals surface area (Å²) < 4.78 is 11.2. The first-order valence-corrected chi connectivity index (χ1v) is 20.0. The van der Waals surface area contributed by atoms with E-state index >= 15 is 0 Å². The summed E-state index contributed by atoms with van der Waals surface area (Å²) >= 11 is 0. The van der Waals surface area contributed by atoms with Gasteiger partial charge in [0.05, 0.1) is 23.3 Å². The van der Waals surface area contributed by atoms with Crippen LogP contribution in [0.2, 0.25) is 0 Å². The number of fused-ring (bicyclic) bond motifs is 6. The molecule has 0 radical (unpaired) electrons. The van der Waals surface area contributed by atoms with Gasteiger partial charge >= 0.3 is 0 Å². The molecule has 11 rings (SSSR count). The first-order chi connectivity index (χ1) is 28.6. The molecule has 0 bridgehead atoms. The molecule has 11 nitrogen and oxygen atoms in total. The number of hydrogen-bond donors (Lipinski definition) is 0. The summed E-state index contributed by atoms with van der Waals surface area (Å²) in [5, 5.41) is 0. The topological polar surface area (TPSA) is 158 Å². The van der Waals surface area contributed by atoms with E-state index in [2.05, 4.69) is 4.98 Å². The molecule has 4 heterocycles. The third-order valence-electron chi connectivity index (χ3n) is 13.1. The highest BCUT2D eigenvalue weighted by Crippen LogP contribution is 2.52. The van der Waals surface area contributed by atoms with Crippen molar-refractivity contribution in [3.8, 4) is 11.5 Å². The second-order valence-corrected chi connectivity index (χ2v) is 16.8. The molecule has 1 fully saturated rings. The number of aromatic nitrogens is 1. The molecule has 0 amide bonds. The van der Waals surface area contributed by atoms with Crippen molar-refractivity contribution in [2.75, 3.05) is 6.79 Å². The zero-order valence-electron chi connectivity index (χ0n) is 31.9. The number of pyridine rings is 1. The van der Waals surface area contributed by atoms with Gasteiger partial charge in [0.1, 0.15) is 23.0 Å². The molecule has 3 aromatic carbocycles. The molecule has 11 heteroatoms. The lowest BCUT2D eigenvalue weighted by Crippen LogP contribution is -2.49. The number of nitrogens with zero attached hydrogens (tertiary/aromatic N) is 3. The van der Waals surface area contributed by atoms with Gasteiger partial charge in [-0.15, -0.1) is 0 Å². The Morgan fingerprint density at radius 3 is 2.37 bits per heavy atom. The SMILES string of the molecule is CC1(Cc2ccc3c(c2)C(=O)C2=C(N=C4CCCC(=O)C4C2c2ccc4c(c2)OCO4)C3=O)C=C2N=C3C(=O)c4cnccc4C(=O)C3C(c3ccccc3)C2C(=O)C1. The maximum absolute atomic E-state index is 14.8. The zero-order chi connectivity index (χ0) is 40.3. The summed E-state index contributed by atoms with van der Waals surface area (Å²) in [5.41, 5.74) is 3.77. The number of carbonyl (C=O) groups excluding carboxylic acids is 6. The third kappa shape index (κ3) is 5.29. The fraction of sp³-hybridized carbons (Fsp3) is 0.271. The standard InChI is InChI=1S/C48H35N3O8/c1-48(19-31-39(33(53)20-48)36(24-6-3-2-4-7-24)40-43(51-31)47(57)29-21-49-15-14-27(29)44(40)54)18-23-10-12-26-28(16-23)45(55)41-37(25-11-13-34-35(17-25)59-22-58-34)38-30(8-5-9-32(38)52)50-42(41)46(26)56/h2-4,6-7,10-17,19,21,36-40H,5,8-9,18,20,22H2,1H3. The zero-order valence-corrected chi connectivity index (χ0v) is 31.9. The van der Waals surface area contributed by atoms with Gasteiger partial charge < -0.3 is 9.47 Å². The van der Waals surface area contributed by atoms with Crippen LogP contribution in [-0.4, -0.2) is 57.9 Å². The van der Waals surface area contributed by atoms with Crippen LogP contribution in [0, 0.1) is 23.2 Å². The van der Waals surface area contributed by atoms with Gasteiger partial charge in [0, 0.05) is 70.7 Å². The molecular formula is C48H35N3O8. The van der Waals surface area contributed by atoms with Crippen LogP contribution in [0.1, 0.15) is 103 Å². The number of aliphatic imine (C=N–C) groups is 2. The minimum absolute atomic E-state index is 0.0162. The van der Waals surface area contributed by atoms with Crippen LogP contribution in [0.25, 0.3) is 0 Å². The molecule has 4 aliphatic carbocycles. The quantitative estimate of drug-likeness (QED) is 0.212. The van der Waals surface area contributed by atoms with E-state index < -0.39 is 35.0 Å². The predicted molar refractivity (Wildman–Crippen MR) is 213 cm³/mol. The van der Waals surface area contributed by atoms with E-state index in [-0.39, 0.29) is 87.1 Å². The molecule has 1 aromatic heterocycles. The van der Waals surface area contributed by atoms with Gasteiger partial charge in [-0.05, 0) is 71.7 Å².